The Balaban J connectivity index is 2.06. The molecule has 0 aliphatic heterocycles. The van der Waals surface area contributed by atoms with E-state index >= 15 is 0 Å². The van der Waals surface area contributed by atoms with Gasteiger partial charge in [0.05, 0.1) is 16.8 Å². The number of H-pyrrole nitrogens is 1. The number of nitrogens with one attached hydrogen (secondary N) is 2. The molecule has 0 amide bonds. The van der Waals surface area contributed by atoms with Crippen LogP contribution in [0.1, 0.15) is 4.88 Å². The number of hydrogen-bond donors (Lipinski definition) is 2. The minimum absolute atomic E-state index is 0.189. The first kappa shape index (κ1) is 10.9. The van der Waals surface area contributed by atoms with Gasteiger partial charge in [0, 0.05) is 0 Å². The lowest BCUT2D eigenvalue weighted by Gasteiger charge is -1.97. The molecule has 1 aromatic heterocycles. The van der Waals surface area contributed by atoms with Crippen molar-refractivity contribution in [3.8, 4) is 0 Å². The molecule has 6 heteroatoms. The molecule has 2 N–H and O–H groups in total. The molecule has 0 aliphatic carbocycles. The van der Waals surface area contributed by atoms with E-state index < -0.39 is 0 Å². The molecule has 16 heavy (non-hydrogen) atoms. The van der Waals surface area contributed by atoms with Crippen LogP contribution in [0.25, 0.3) is 0 Å². The van der Waals surface area contributed by atoms with Crippen molar-refractivity contribution in [1.29, 1.82) is 0 Å². The highest BCUT2D eigenvalue weighted by Gasteiger charge is 2.01. The van der Waals surface area contributed by atoms with Crippen LogP contribution in [-0.2, 0) is 0 Å². The molecule has 0 fully saturated rings. The fourth-order valence-corrected chi connectivity index (χ4v) is 1.99. The molecular formula is C10H8ClN3OS. The van der Waals surface area contributed by atoms with Crippen molar-refractivity contribution in [2.45, 2.75) is 0 Å². The molecule has 4 nitrogen and oxygen atoms in total. The van der Waals surface area contributed by atoms with Crippen molar-refractivity contribution < 1.29 is 0 Å². The second-order valence-electron chi connectivity index (χ2n) is 2.93. The van der Waals surface area contributed by atoms with E-state index in [0.29, 0.717) is 10.0 Å². The van der Waals surface area contributed by atoms with Crippen molar-refractivity contribution >= 4 is 34.8 Å². The number of aromatic amines is 1. The van der Waals surface area contributed by atoms with Crippen LogP contribution < -0.4 is 10.3 Å². The van der Waals surface area contributed by atoms with Crippen LogP contribution in [0.4, 0.5) is 5.69 Å². The van der Waals surface area contributed by atoms with Crippen molar-refractivity contribution in [2.24, 2.45) is 5.10 Å². The third-order valence-corrected chi connectivity index (χ3v) is 3.01. The Labute approximate surface area is 101 Å². The van der Waals surface area contributed by atoms with E-state index in [-0.39, 0.29) is 4.87 Å². The maximum absolute atomic E-state index is 10.9. The quantitative estimate of drug-likeness (QED) is 0.652. The lowest BCUT2D eigenvalue weighted by atomic mass is 10.3. The second kappa shape index (κ2) is 4.96. The molecule has 0 bridgehead atoms. The third kappa shape index (κ3) is 2.71. The summed E-state index contributed by atoms with van der Waals surface area (Å²) in [5.41, 5.74) is 3.70. The normalized spacial score (nSPS) is 10.8. The zero-order chi connectivity index (χ0) is 11.4. The highest BCUT2D eigenvalue weighted by atomic mass is 35.5. The molecule has 0 spiro atoms. The van der Waals surface area contributed by atoms with Crippen LogP contribution in [0.15, 0.2) is 40.2 Å². The summed E-state index contributed by atoms with van der Waals surface area (Å²) in [5, 5.41) is 4.29. The summed E-state index contributed by atoms with van der Waals surface area (Å²) >= 11 is 6.78. The van der Waals surface area contributed by atoms with Gasteiger partial charge in [0.1, 0.15) is 5.15 Å². The van der Waals surface area contributed by atoms with Gasteiger partial charge < -0.3 is 4.98 Å². The summed E-state index contributed by atoms with van der Waals surface area (Å²) in [4.78, 5) is 13.8. The Morgan fingerprint density at radius 2 is 2.12 bits per heavy atom. The number of halogens is 1. The molecule has 1 aromatic carbocycles. The first-order valence-electron chi connectivity index (χ1n) is 4.48. The SMILES string of the molecule is O=c1[nH]c(Cl)c(C=NNc2ccccc2)s1. The number of anilines is 1. The minimum Gasteiger partial charge on any atom is -0.303 e. The van der Waals surface area contributed by atoms with E-state index in [1.807, 2.05) is 30.3 Å². The number of hydrogen-bond acceptors (Lipinski definition) is 4. The molecule has 0 saturated heterocycles. The Bertz CT molecular complexity index is 547. The molecule has 2 aromatic rings. The van der Waals surface area contributed by atoms with Crippen molar-refractivity contribution in [3.05, 3.63) is 50.0 Å². The number of aromatic nitrogens is 1. The number of hydrazone groups is 1. The summed E-state index contributed by atoms with van der Waals surface area (Å²) in [7, 11) is 0. The van der Waals surface area contributed by atoms with Gasteiger partial charge in [-0.05, 0) is 12.1 Å². The summed E-state index contributed by atoms with van der Waals surface area (Å²) in [5.74, 6) is 0. The van der Waals surface area contributed by atoms with Gasteiger partial charge in [-0.15, -0.1) is 0 Å². The minimum atomic E-state index is -0.189. The molecule has 0 atom stereocenters. The standard InChI is InChI=1S/C10H8ClN3OS/c11-9-8(16-10(15)13-9)6-12-14-7-4-2-1-3-5-7/h1-6,14H,(H,13,15). The lowest BCUT2D eigenvalue weighted by molar-refractivity contribution is 1.33. The van der Waals surface area contributed by atoms with Crippen molar-refractivity contribution in [3.63, 3.8) is 0 Å². The topological polar surface area (TPSA) is 57.2 Å². The fraction of sp³-hybridized carbons (Fsp3) is 0. The summed E-state index contributed by atoms with van der Waals surface area (Å²) in [6.07, 6.45) is 1.51. The van der Waals surface area contributed by atoms with E-state index in [9.17, 15) is 4.79 Å². The van der Waals surface area contributed by atoms with E-state index in [1.165, 1.54) is 6.21 Å². The largest absolute Gasteiger partial charge is 0.306 e. The van der Waals surface area contributed by atoms with Gasteiger partial charge in [-0.2, -0.15) is 5.10 Å². The van der Waals surface area contributed by atoms with Crippen LogP contribution in [0, 0.1) is 0 Å². The average Bonchev–Trinajstić information content (AvgIpc) is 2.59. The van der Waals surface area contributed by atoms with Crippen molar-refractivity contribution in [1.82, 2.24) is 4.98 Å². The number of para-hydroxylation sites is 1. The highest BCUT2D eigenvalue weighted by Crippen LogP contribution is 2.12. The molecule has 0 unspecified atom stereocenters. The second-order valence-corrected chi connectivity index (χ2v) is 4.32. The molecule has 0 saturated carbocycles. The monoisotopic (exact) mass is 253 g/mol. The van der Waals surface area contributed by atoms with E-state index in [2.05, 4.69) is 15.5 Å². The lowest BCUT2D eigenvalue weighted by Crippen LogP contribution is -1.89. The van der Waals surface area contributed by atoms with Gasteiger partial charge in [0.25, 0.3) is 0 Å². The zero-order valence-corrected chi connectivity index (χ0v) is 9.68. The summed E-state index contributed by atoms with van der Waals surface area (Å²) < 4.78 is 0. The van der Waals surface area contributed by atoms with Gasteiger partial charge in [0.15, 0.2) is 0 Å². The third-order valence-electron chi connectivity index (χ3n) is 1.78. The predicted molar refractivity (Wildman–Crippen MR) is 67.6 cm³/mol. The molecule has 0 radical (unpaired) electrons. The summed E-state index contributed by atoms with van der Waals surface area (Å²) in [6.45, 7) is 0. The van der Waals surface area contributed by atoms with E-state index in [1.54, 1.807) is 0 Å². The number of nitrogens with zero attached hydrogens (tertiary/aromatic N) is 1. The average molecular weight is 254 g/mol. The maximum atomic E-state index is 10.9. The number of rotatable bonds is 3. The van der Waals surface area contributed by atoms with Gasteiger partial charge in [-0.3, -0.25) is 10.2 Å². The fourth-order valence-electron chi connectivity index (χ4n) is 1.08. The molecular weight excluding hydrogens is 246 g/mol. The first-order valence-corrected chi connectivity index (χ1v) is 5.68. The van der Waals surface area contributed by atoms with Gasteiger partial charge in [-0.25, -0.2) is 0 Å². The zero-order valence-electron chi connectivity index (χ0n) is 8.11. The van der Waals surface area contributed by atoms with Crippen LogP contribution in [0.2, 0.25) is 5.15 Å². The molecule has 82 valence electrons. The van der Waals surface area contributed by atoms with Crippen LogP contribution in [-0.4, -0.2) is 11.2 Å². The van der Waals surface area contributed by atoms with Crippen molar-refractivity contribution in [2.75, 3.05) is 5.43 Å². The predicted octanol–water partition coefficient (Wildman–Crippen LogP) is 2.54. The highest BCUT2D eigenvalue weighted by molar-refractivity contribution is 7.11. The molecule has 1 heterocycles. The van der Waals surface area contributed by atoms with E-state index in [4.69, 9.17) is 11.6 Å². The van der Waals surface area contributed by atoms with Gasteiger partial charge >= 0.3 is 4.87 Å². The Kier molecular flexibility index (Phi) is 3.38. The number of thiazole rings is 1. The summed E-state index contributed by atoms with van der Waals surface area (Å²) in [6, 6.07) is 9.50. The van der Waals surface area contributed by atoms with E-state index in [0.717, 1.165) is 17.0 Å². The smallest absolute Gasteiger partial charge is 0.303 e. The van der Waals surface area contributed by atoms with Crippen LogP contribution in [0.3, 0.4) is 0 Å². The molecule has 0 aliphatic rings. The van der Waals surface area contributed by atoms with Gasteiger partial charge in [-0.1, -0.05) is 41.1 Å². The van der Waals surface area contributed by atoms with Crippen LogP contribution in [0.5, 0.6) is 0 Å². The Morgan fingerprint density at radius 1 is 1.38 bits per heavy atom. The van der Waals surface area contributed by atoms with Gasteiger partial charge in [0.2, 0.25) is 0 Å². The molecule has 2 rings (SSSR count). The Morgan fingerprint density at radius 3 is 2.75 bits per heavy atom. The first-order chi connectivity index (χ1) is 7.75. The maximum Gasteiger partial charge on any atom is 0.306 e. The number of benzene rings is 1. The Hall–Kier alpha value is -1.59. The van der Waals surface area contributed by atoms with Crippen LogP contribution >= 0.6 is 22.9 Å².